The summed E-state index contributed by atoms with van der Waals surface area (Å²) in [5, 5.41) is 5.30. The molecule has 0 radical (unpaired) electrons. The van der Waals surface area contributed by atoms with Crippen molar-refractivity contribution < 1.29 is 4.84 Å². The van der Waals surface area contributed by atoms with Gasteiger partial charge >= 0.3 is 0 Å². The van der Waals surface area contributed by atoms with Gasteiger partial charge in [0.05, 0.1) is 6.10 Å². The molecule has 0 spiro atoms. The van der Waals surface area contributed by atoms with E-state index in [1.54, 1.807) is 6.08 Å². The monoisotopic (exact) mass is 297 g/mol. The van der Waals surface area contributed by atoms with Crippen molar-refractivity contribution in [3.8, 4) is 0 Å². The number of allylic oxidation sites excluding steroid dienone is 1. The molecule has 1 aliphatic heterocycles. The summed E-state index contributed by atoms with van der Waals surface area (Å²) < 4.78 is 1.50. The van der Waals surface area contributed by atoms with Gasteiger partial charge in [-0.2, -0.15) is 0 Å². The van der Waals surface area contributed by atoms with Crippen LogP contribution in [-0.4, -0.2) is 16.0 Å². The van der Waals surface area contributed by atoms with Crippen molar-refractivity contribution in [1.29, 1.82) is 0 Å². The Bertz CT molecular complexity index is 227. The summed E-state index contributed by atoms with van der Waals surface area (Å²) in [6.07, 6.45) is 1.88. The predicted octanol–water partition coefficient (Wildman–Crippen LogP) is 2.09. The van der Waals surface area contributed by atoms with Crippen LogP contribution in [0.1, 0.15) is 13.8 Å². The average Bonchev–Trinajstić information content (AvgIpc) is 1.81. The molecule has 0 saturated carbocycles. The van der Waals surface area contributed by atoms with E-state index in [4.69, 9.17) is 4.84 Å². The summed E-state index contributed by atoms with van der Waals surface area (Å²) in [5.41, 5.74) is 2.85. The molecule has 0 aromatic rings. The summed E-state index contributed by atoms with van der Waals surface area (Å²) in [6, 6.07) is 0. The highest BCUT2D eigenvalue weighted by Gasteiger charge is 2.10. The van der Waals surface area contributed by atoms with E-state index in [2.05, 4.69) is 42.4 Å². The molecule has 1 heterocycles. The number of halogens is 2. The number of nitrogens with one attached hydrogen (secondary N) is 1. The Morgan fingerprint density at radius 3 is 2.75 bits per heavy atom. The standard InChI is InChI=1S/C6H9Br2N3O/c1-4(2)12-11-9-5(7)3-6(8)10-11/h3-4,9H,1-2H3. The molecule has 0 atom stereocenters. The number of hydrogen-bond acceptors (Lipinski definition) is 4. The lowest BCUT2D eigenvalue weighted by Gasteiger charge is -2.23. The van der Waals surface area contributed by atoms with E-state index < -0.39 is 0 Å². The third-order valence-electron chi connectivity index (χ3n) is 0.945. The molecule has 0 aliphatic carbocycles. The van der Waals surface area contributed by atoms with Gasteiger partial charge in [0.1, 0.15) is 9.23 Å². The van der Waals surface area contributed by atoms with Crippen LogP contribution in [0.15, 0.2) is 15.8 Å². The molecule has 0 bridgehead atoms. The molecule has 1 aliphatic rings. The zero-order valence-corrected chi connectivity index (χ0v) is 9.89. The van der Waals surface area contributed by atoms with Crippen LogP contribution >= 0.6 is 31.9 Å². The third kappa shape index (κ3) is 3.12. The van der Waals surface area contributed by atoms with Crippen LogP contribution in [0, 0.1) is 0 Å². The van der Waals surface area contributed by atoms with Gasteiger partial charge in [-0.3, -0.25) is 5.43 Å². The average molecular weight is 299 g/mol. The number of hydrazone groups is 1. The molecule has 68 valence electrons. The molecule has 0 amide bonds. The molecule has 4 nitrogen and oxygen atoms in total. The Hall–Kier alpha value is -0.0700. The van der Waals surface area contributed by atoms with Crippen LogP contribution < -0.4 is 5.43 Å². The van der Waals surface area contributed by atoms with Gasteiger partial charge in [0.25, 0.3) is 0 Å². The SMILES string of the molecule is CC(C)ON1N=C(Br)C=C(Br)N1. The van der Waals surface area contributed by atoms with E-state index in [9.17, 15) is 0 Å². The Morgan fingerprint density at radius 1 is 1.58 bits per heavy atom. The topological polar surface area (TPSA) is 36.9 Å². The Balaban J connectivity index is 2.55. The van der Waals surface area contributed by atoms with Crippen LogP contribution in [0.5, 0.6) is 0 Å². The van der Waals surface area contributed by atoms with Crippen molar-refractivity contribution in [2.24, 2.45) is 5.10 Å². The van der Waals surface area contributed by atoms with Gasteiger partial charge in [0, 0.05) is 6.08 Å². The second kappa shape index (κ2) is 4.25. The summed E-state index contributed by atoms with van der Waals surface area (Å²) in [4.78, 5) is 5.27. The highest BCUT2D eigenvalue weighted by molar-refractivity contribution is 9.18. The van der Waals surface area contributed by atoms with Gasteiger partial charge in [0.15, 0.2) is 0 Å². The number of hydrogen-bond donors (Lipinski definition) is 1. The molecule has 1 rings (SSSR count). The minimum atomic E-state index is 0.0833. The highest BCUT2D eigenvalue weighted by Crippen LogP contribution is 2.12. The van der Waals surface area contributed by atoms with Crippen LogP contribution in [0.2, 0.25) is 0 Å². The largest absolute Gasteiger partial charge is 0.250 e. The first-order chi connectivity index (χ1) is 5.58. The molecule has 0 aromatic carbocycles. The van der Waals surface area contributed by atoms with E-state index in [1.165, 1.54) is 5.28 Å². The van der Waals surface area contributed by atoms with Crippen molar-refractivity contribution >= 4 is 36.5 Å². The molecule has 6 heteroatoms. The van der Waals surface area contributed by atoms with E-state index in [0.29, 0.717) is 4.62 Å². The van der Waals surface area contributed by atoms with Gasteiger partial charge in [0.2, 0.25) is 0 Å². The van der Waals surface area contributed by atoms with E-state index in [1.807, 2.05) is 13.8 Å². The molecule has 0 aromatic heterocycles. The van der Waals surface area contributed by atoms with Crippen LogP contribution in [0.25, 0.3) is 0 Å². The zero-order valence-electron chi connectivity index (χ0n) is 6.71. The van der Waals surface area contributed by atoms with Crippen molar-refractivity contribution in [3.05, 3.63) is 10.7 Å². The highest BCUT2D eigenvalue weighted by atomic mass is 79.9. The fourth-order valence-corrected chi connectivity index (χ4v) is 1.67. The number of rotatable bonds is 2. The molecule has 0 saturated heterocycles. The maximum atomic E-state index is 5.27. The minimum Gasteiger partial charge on any atom is -0.250 e. The zero-order chi connectivity index (χ0) is 9.14. The first kappa shape index (κ1) is 10.0. The van der Waals surface area contributed by atoms with Crippen molar-refractivity contribution in [2.75, 3.05) is 0 Å². The van der Waals surface area contributed by atoms with Gasteiger partial charge in [-0.15, -0.1) is 5.10 Å². The summed E-state index contributed by atoms with van der Waals surface area (Å²) in [6.45, 7) is 3.86. The molecular weight excluding hydrogens is 290 g/mol. The molecule has 1 N–H and O–H groups in total. The summed E-state index contributed by atoms with van der Waals surface area (Å²) in [7, 11) is 0. The predicted molar refractivity (Wildman–Crippen MR) is 54.6 cm³/mol. The summed E-state index contributed by atoms with van der Waals surface area (Å²) >= 11 is 6.52. The summed E-state index contributed by atoms with van der Waals surface area (Å²) in [5.74, 6) is 0. The lowest BCUT2D eigenvalue weighted by Crippen LogP contribution is -2.36. The maximum absolute atomic E-state index is 5.27. The van der Waals surface area contributed by atoms with Gasteiger partial charge < -0.3 is 0 Å². The van der Waals surface area contributed by atoms with E-state index in [0.717, 1.165) is 4.61 Å². The van der Waals surface area contributed by atoms with E-state index >= 15 is 0 Å². The quantitative estimate of drug-likeness (QED) is 0.793. The first-order valence-corrected chi connectivity index (χ1v) is 5.01. The fourth-order valence-electron chi connectivity index (χ4n) is 0.618. The first-order valence-electron chi connectivity index (χ1n) is 3.43. The van der Waals surface area contributed by atoms with Crippen LogP contribution in [-0.2, 0) is 4.84 Å². The van der Waals surface area contributed by atoms with Gasteiger partial charge in [-0.05, 0) is 45.7 Å². The lowest BCUT2D eigenvalue weighted by molar-refractivity contribution is -0.214. The molecular formula is C6H9Br2N3O. The third-order valence-corrected chi connectivity index (χ3v) is 1.74. The van der Waals surface area contributed by atoms with Gasteiger partial charge in [-0.1, -0.05) is 5.28 Å². The van der Waals surface area contributed by atoms with Gasteiger partial charge in [-0.25, -0.2) is 4.84 Å². The van der Waals surface area contributed by atoms with Crippen molar-refractivity contribution in [2.45, 2.75) is 20.0 Å². The lowest BCUT2D eigenvalue weighted by atomic mass is 10.5. The van der Waals surface area contributed by atoms with Crippen LogP contribution in [0.3, 0.4) is 0 Å². The second-order valence-electron chi connectivity index (χ2n) is 2.45. The number of nitrogens with zero attached hydrogens (tertiary/aromatic N) is 2. The molecule has 0 unspecified atom stereocenters. The van der Waals surface area contributed by atoms with E-state index in [-0.39, 0.29) is 6.10 Å². The smallest absolute Gasteiger partial charge is 0.133 e. The Morgan fingerprint density at radius 2 is 2.25 bits per heavy atom. The Kier molecular flexibility index (Phi) is 3.54. The van der Waals surface area contributed by atoms with Crippen molar-refractivity contribution in [3.63, 3.8) is 0 Å². The van der Waals surface area contributed by atoms with Crippen LogP contribution in [0.4, 0.5) is 0 Å². The minimum absolute atomic E-state index is 0.0833. The fraction of sp³-hybridized carbons (Fsp3) is 0.500. The Labute approximate surface area is 87.8 Å². The van der Waals surface area contributed by atoms with Crippen molar-refractivity contribution in [1.82, 2.24) is 10.7 Å². The molecule has 0 fully saturated rings. The maximum Gasteiger partial charge on any atom is 0.133 e. The number of hydrazine groups is 1. The second-order valence-corrected chi connectivity index (χ2v) is 4.12. The molecule has 12 heavy (non-hydrogen) atoms. The normalized spacial score (nSPS) is 17.2.